The molecule has 0 aliphatic heterocycles. The van der Waals surface area contributed by atoms with E-state index in [1.165, 1.54) is 6.07 Å². The SMILES string of the molecule is CC(C)(C)[C@H](N)C(=O)Nc1cccc(C(N)=O)c1.Cl. The number of carbonyl (C=O) groups is 2. The number of amides is 2. The maximum absolute atomic E-state index is 11.9. The van der Waals surface area contributed by atoms with Crippen molar-refractivity contribution in [1.29, 1.82) is 0 Å². The predicted molar refractivity (Wildman–Crippen MR) is 78.3 cm³/mol. The van der Waals surface area contributed by atoms with Gasteiger partial charge in [-0.2, -0.15) is 0 Å². The van der Waals surface area contributed by atoms with Gasteiger partial charge in [-0.25, -0.2) is 0 Å². The molecule has 5 N–H and O–H groups in total. The van der Waals surface area contributed by atoms with Crippen LogP contribution in [0.4, 0.5) is 5.69 Å². The van der Waals surface area contributed by atoms with Gasteiger partial charge in [-0.05, 0) is 23.6 Å². The summed E-state index contributed by atoms with van der Waals surface area (Å²) in [5, 5.41) is 2.67. The number of hydrogen-bond donors (Lipinski definition) is 3. The minimum absolute atomic E-state index is 0. The highest BCUT2D eigenvalue weighted by Gasteiger charge is 2.27. The number of nitrogens with two attached hydrogens (primary N) is 2. The molecule has 0 unspecified atom stereocenters. The number of hydrogen-bond acceptors (Lipinski definition) is 3. The molecule has 1 rings (SSSR count). The first-order chi connectivity index (χ1) is 8.21. The molecule has 5 nitrogen and oxygen atoms in total. The summed E-state index contributed by atoms with van der Waals surface area (Å²) >= 11 is 0. The molecular weight excluding hydrogens is 266 g/mol. The molecule has 0 radical (unpaired) electrons. The zero-order chi connectivity index (χ0) is 13.9. The van der Waals surface area contributed by atoms with Crippen molar-refractivity contribution >= 4 is 29.9 Å². The van der Waals surface area contributed by atoms with Crippen molar-refractivity contribution in [2.75, 3.05) is 5.32 Å². The third kappa shape index (κ3) is 4.89. The number of rotatable bonds is 3. The van der Waals surface area contributed by atoms with Crippen LogP contribution >= 0.6 is 12.4 Å². The van der Waals surface area contributed by atoms with Crippen molar-refractivity contribution in [3.8, 4) is 0 Å². The Hall–Kier alpha value is -1.59. The van der Waals surface area contributed by atoms with Gasteiger partial charge in [0.2, 0.25) is 11.8 Å². The molecule has 0 aliphatic rings. The molecule has 1 aromatic rings. The van der Waals surface area contributed by atoms with Crippen molar-refractivity contribution in [2.45, 2.75) is 26.8 Å². The van der Waals surface area contributed by atoms with Gasteiger partial charge in [0.1, 0.15) is 0 Å². The van der Waals surface area contributed by atoms with Crippen molar-refractivity contribution < 1.29 is 9.59 Å². The smallest absolute Gasteiger partial charge is 0.248 e. The van der Waals surface area contributed by atoms with Crippen LogP contribution in [0.1, 0.15) is 31.1 Å². The van der Waals surface area contributed by atoms with Gasteiger partial charge in [0.25, 0.3) is 0 Å². The summed E-state index contributed by atoms with van der Waals surface area (Å²) in [4.78, 5) is 22.9. The second kappa shape index (κ2) is 6.54. The quantitative estimate of drug-likeness (QED) is 0.785. The highest BCUT2D eigenvalue weighted by atomic mass is 35.5. The fourth-order valence-corrected chi connectivity index (χ4v) is 1.36. The summed E-state index contributed by atoms with van der Waals surface area (Å²) in [7, 11) is 0. The van der Waals surface area contributed by atoms with Crippen molar-refractivity contribution in [3.05, 3.63) is 29.8 Å². The Kier molecular flexibility index (Phi) is 5.99. The molecule has 2 amide bonds. The normalized spacial score (nSPS) is 12.2. The molecular formula is C13H20ClN3O2. The third-order valence-corrected chi connectivity index (χ3v) is 2.63. The van der Waals surface area contributed by atoms with E-state index in [0.29, 0.717) is 11.3 Å². The van der Waals surface area contributed by atoms with E-state index < -0.39 is 11.9 Å². The molecule has 1 atom stereocenters. The summed E-state index contributed by atoms with van der Waals surface area (Å²) in [6.07, 6.45) is 0. The highest BCUT2D eigenvalue weighted by molar-refractivity contribution is 5.98. The lowest BCUT2D eigenvalue weighted by Gasteiger charge is -2.25. The first-order valence-corrected chi connectivity index (χ1v) is 5.68. The van der Waals surface area contributed by atoms with Gasteiger partial charge in [-0.15, -0.1) is 12.4 Å². The van der Waals surface area contributed by atoms with Crippen LogP contribution in [-0.4, -0.2) is 17.9 Å². The maximum Gasteiger partial charge on any atom is 0.248 e. The number of anilines is 1. The predicted octanol–water partition coefficient (Wildman–Crippen LogP) is 1.52. The molecule has 0 spiro atoms. The van der Waals surface area contributed by atoms with Gasteiger partial charge in [0.15, 0.2) is 0 Å². The molecule has 0 saturated heterocycles. The lowest BCUT2D eigenvalue weighted by Crippen LogP contribution is -2.45. The lowest BCUT2D eigenvalue weighted by molar-refractivity contribution is -0.119. The average molecular weight is 286 g/mol. The first-order valence-electron chi connectivity index (χ1n) is 5.68. The molecule has 0 saturated carbocycles. The Labute approximate surface area is 119 Å². The number of halogens is 1. The van der Waals surface area contributed by atoms with Crippen LogP contribution in [0, 0.1) is 5.41 Å². The van der Waals surface area contributed by atoms with Crippen LogP contribution in [-0.2, 0) is 4.79 Å². The van der Waals surface area contributed by atoms with Crippen molar-refractivity contribution in [2.24, 2.45) is 16.9 Å². The van der Waals surface area contributed by atoms with Gasteiger partial charge < -0.3 is 16.8 Å². The Bertz CT molecular complexity index is 469. The lowest BCUT2D eigenvalue weighted by atomic mass is 9.87. The molecule has 0 aromatic heterocycles. The third-order valence-electron chi connectivity index (χ3n) is 2.63. The average Bonchev–Trinajstić information content (AvgIpc) is 2.27. The largest absolute Gasteiger partial charge is 0.366 e. The van der Waals surface area contributed by atoms with Gasteiger partial charge in [0, 0.05) is 11.3 Å². The Morgan fingerprint density at radius 3 is 2.32 bits per heavy atom. The number of primary amides is 1. The summed E-state index contributed by atoms with van der Waals surface area (Å²) in [5.74, 6) is -0.824. The number of nitrogens with one attached hydrogen (secondary N) is 1. The van der Waals surface area contributed by atoms with Crippen LogP contribution in [0.15, 0.2) is 24.3 Å². The topological polar surface area (TPSA) is 98.2 Å². The van der Waals surface area contributed by atoms with Crippen molar-refractivity contribution in [3.63, 3.8) is 0 Å². The Balaban J connectivity index is 0.00000324. The molecule has 0 bridgehead atoms. The molecule has 1 aromatic carbocycles. The molecule has 0 fully saturated rings. The van der Waals surface area contributed by atoms with Crippen LogP contribution in [0.25, 0.3) is 0 Å². The van der Waals surface area contributed by atoms with Gasteiger partial charge in [-0.1, -0.05) is 26.8 Å². The number of benzene rings is 1. The van der Waals surface area contributed by atoms with Gasteiger partial charge >= 0.3 is 0 Å². The molecule has 19 heavy (non-hydrogen) atoms. The minimum Gasteiger partial charge on any atom is -0.366 e. The standard InChI is InChI=1S/C13H19N3O2.ClH/c1-13(2,3)10(14)12(18)16-9-6-4-5-8(7-9)11(15)17;/h4-7,10H,14H2,1-3H3,(H2,15,17)(H,16,18);1H/t10-;/m1./s1. The Morgan fingerprint density at radius 2 is 1.84 bits per heavy atom. The van der Waals surface area contributed by atoms with E-state index in [9.17, 15) is 9.59 Å². The summed E-state index contributed by atoms with van der Waals surface area (Å²) in [6, 6.07) is 5.81. The molecule has 0 heterocycles. The van der Waals surface area contributed by atoms with E-state index in [2.05, 4.69) is 5.32 Å². The summed E-state index contributed by atoms with van der Waals surface area (Å²) in [5.41, 5.74) is 11.5. The van der Waals surface area contributed by atoms with Crippen LogP contribution < -0.4 is 16.8 Å². The second-order valence-electron chi connectivity index (χ2n) is 5.28. The summed E-state index contributed by atoms with van der Waals surface area (Å²) < 4.78 is 0. The molecule has 106 valence electrons. The van der Waals surface area contributed by atoms with E-state index >= 15 is 0 Å². The monoisotopic (exact) mass is 285 g/mol. The fraction of sp³-hybridized carbons (Fsp3) is 0.385. The second-order valence-corrected chi connectivity index (χ2v) is 5.28. The van der Waals surface area contributed by atoms with E-state index in [4.69, 9.17) is 11.5 Å². The highest BCUT2D eigenvalue weighted by Crippen LogP contribution is 2.19. The van der Waals surface area contributed by atoms with Gasteiger partial charge in [0.05, 0.1) is 6.04 Å². The Morgan fingerprint density at radius 1 is 1.26 bits per heavy atom. The maximum atomic E-state index is 11.9. The zero-order valence-corrected chi connectivity index (χ0v) is 12.1. The van der Waals surface area contributed by atoms with Crippen LogP contribution in [0.3, 0.4) is 0 Å². The minimum atomic E-state index is -0.630. The number of carbonyl (C=O) groups excluding carboxylic acids is 2. The van der Waals surface area contributed by atoms with Crippen LogP contribution in [0.5, 0.6) is 0 Å². The van der Waals surface area contributed by atoms with Gasteiger partial charge in [-0.3, -0.25) is 9.59 Å². The molecule has 0 aliphatic carbocycles. The van der Waals surface area contributed by atoms with E-state index in [1.807, 2.05) is 20.8 Å². The molecule has 6 heteroatoms. The van der Waals surface area contributed by atoms with E-state index in [1.54, 1.807) is 18.2 Å². The van der Waals surface area contributed by atoms with Crippen molar-refractivity contribution in [1.82, 2.24) is 0 Å². The van der Waals surface area contributed by atoms with Crippen LogP contribution in [0.2, 0.25) is 0 Å². The fourth-order valence-electron chi connectivity index (χ4n) is 1.36. The zero-order valence-electron chi connectivity index (χ0n) is 11.3. The van der Waals surface area contributed by atoms with E-state index in [0.717, 1.165) is 0 Å². The summed E-state index contributed by atoms with van der Waals surface area (Å²) in [6.45, 7) is 5.66. The van der Waals surface area contributed by atoms with E-state index in [-0.39, 0.29) is 23.7 Å². The first kappa shape index (κ1) is 17.4.